The summed E-state index contributed by atoms with van der Waals surface area (Å²) in [6, 6.07) is 7.30. The molecule has 0 aliphatic carbocycles. The molecule has 1 fully saturated rings. The molecule has 1 aliphatic rings. The molecule has 154 valence electrons. The minimum atomic E-state index is -0.656. The Morgan fingerprint density at radius 1 is 1.14 bits per heavy atom. The highest BCUT2D eigenvalue weighted by Gasteiger charge is 2.45. The average Bonchev–Trinajstić information content (AvgIpc) is 3.06. The summed E-state index contributed by atoms with van der Waals surface area (Å²) in [5.41, 5.74) is 3.96. The summed E-state index contributed by atoms with van der Waals surface area (Å²) in [6.07, 6.45) is 0. The number of Topliss-reactive ketones (excluding diaryl/α,β-unsaturated/α-hetero) is 1. The predicted molar refractivity (Wildman–Crippen MR) is 113 cm³/mol. The monoisotopic (exact) mass is 395 g/mol. The van der Waals surface area contributed by atoms with E-state index in [4.69, 9.17) is 0 Å². The molecule has 1 unspecified atom stereocenters. The van der Waals surface area contributed by atoms with E-state index in [1.807, 2.05) is 38.1 Å². The van der Waals surface area contributed by atoms with Crippen molar-refractivity contribution in [2.24, 2.45) is 7.05 Å². The van der Waals surface area contributed by atoms with Crippen LogP contribution < -0.4 is 0 Å². The maximum Gasteiger partial charge on any atom is 0.295 e. The van der Waals surface area contributed by atoms with E-state index in [1.165, 1.54) is 4.90 Å². The third kappa shape index (κ3) is 3.37. The molecular formula is C23H29N3O3. The van der Waals surface area contributed by atoms with Crippen molar-refractivity contribution in [1.29, 1.82) is 0 Å². The van der Waals surface area contributed by atoms with Crippen LogP contribution in [-0.4, -0.2) is 38.0 Å². The number of hydrogen-bond donors (Lipinski definition) is 1. The first-order valence-electron chi connectivity index (χ1n) is 9.88. The van der Waals surface area contributed by atoms with Crippen LogP contribution in [0.4, 0.5) is 0 Å². The molecule has 6 nitrogen and oxygen atoms in total. The van der Waals surface area contributed by atoms with Crippen LogP contribution in [0.25, 0.3) is 5.76 Å². The average molecular weight is 396 g/mol. The normalized spacial score (nSPS) is 19.3. The van der Waals surface area contributed by atoms with Gasteiger partial charge < -0.3 is 10.0 Å². The Labute approximate surface area is 171 Å². The first-order valence-corrected chi connectivity index (χ1v) is 9.88. The molecule has 0 bridgehead atoms. The second-order valence-electron chi connectivity index (χ2n) is 8.63. The van der Waals surface area contributed by atoms with E-state index >= 15 is 0 Å². The number of aliphatic hydroxyl groups excluding tert-OH is 1. The molecule has 1 aromatic heterocycles. The Bertz CT molecular complexity index is 1010. The lowest BCUT2D eigenvalue weighted by molar-refractivity contribution is -0.139. The fraction of sp³-hybridized carbons (Fsp3) is 0.435. The Morgan fingerprint density at radius 2 is 1.72 bits per heavy atom. The minimum absolute atomic E-state index is 0.00493. The first-order chi connectivity index (χ1) is 13.5. The van der Waals surface area contributed by atoms with Crippen LogP contribution in [0, 0.1) is 13.8 Å². The standard InChI is InChI=1S/C23H29N3O3/c1-8-26-19(15-9-11-16(12-10-15)23(4,5)6)18(21(28)22(26)29)20(27)17-13(2)24-25(7)14(17)3/h9-12,19,27H,8H2,1-7H3/b20-18+. The number of carbonyl (C=O) groups is 2. The van der Waals surface area contributed by atoms with E-state index in [9.17, 15) is 14.7 Å². The second kappa shape index (κ2) is 7.17. The number of hydrogen-bond acceptors (Lipinski definition) is 4. The molecule has 0 saturated carbocycles. The van der Waals surface area contributed by atoms with Gasteiger partial charge in [0.15, 0.2) is 0 Å². The van der Waals surface area contributed by atoms with Crippen LogP contribution in [0.15, 0.2) is 29.8 Å². The number of amides is 1. The van der Waals surface area contributed by atoms with Gasteiger partial charge in [-0.1, -0.05) is 45.0 Å². The van der Waals surface area contributed by atoms with E-state index in [1.54, 1.807) is 18.7 Å². The van der Waals surface area contributed by atoms with Crippen molar-refractivity contribution in [3.8, 4) is 0 Å². The molecule has 3 rings (SSSR count). The third-order valence-electron chi connectivity index (χ3n) is 5.72. The van der Waals surface area contributed by atoms with Crippen LogP contribution in [0.3, 0.4) is 0 Å². The molecular weight excluding hydrogens is 366 g/mol. The number of rotatable bonds is 3. The van der Waals surface area contributed by atoms with Gasteiger partial charge in [0, 0.05) is 19.3 Å². The maximum absolute atomic E-state index is 12.9. The lowest BCUT2D eigenvalue weighted by atomic mass is 9.85. The minimum Gasteiger partial charge on any atom is -0.507 e. The Morgan fingerprint density at radius 3 is 2.17 bits per heavy atom. The van der Waals surface area contributed by atoms with Crippen molar-refractivity contribution < 1.29 is 14.7 Å². The van der Waals surface area contributed by atoms with Crippen molar-refractivity contribution >= 4 is 17.4 Å². The number of likely N-dealkylation sites (tertiary alicyclic amines) is 1. The molecule has 1 N–H and O–H groups in total. The van der Waals surface area contributed by atoms with Crippen molar-refractivity contribution in [2.45, 2.75) is 53.0 Å². The number of aryl methyl sites for hydroxylation is 2. The highest BCUT2D eigenvalue weighted by molar-refractivity contribution is 6.46. The van der Waals surface area contributed by atoms with Gasteiger partial charge in [-0.3, -0.25) is 14.3 Å². The summed E-state index contributed by atoms with van der Waals surface area (Å²) < 4.78 is 1.66. The molecule has 1 aromatic carbocycles. The van der Waals surface area contributed by atoms with Gasteiger partial charge in [0.2, 0.25) is 0 Å². The molecule has 6 heteroatoms. The largest absolute Gasteiger partial charge is 0.507 e. The molecule has 0 spiro atoms. The summed E-state index contributed by atoms with van der Waals surface area (Å²) in [5, 5.41) is 15.5. The van der Waals surface area contributed by atoms with E-state index in [-0.39, 0.29) is 16.7 Å². The summed E-state index contributed by atoms with van der Waals surface area (Å²) in [7, 11) is 1.78. The zero-order valence-electron chi connectivity index (χ0n) is 18.2. The summed E-state index contributed by atoms with van der Waals surface area (Å²) in [4.78, 5) is 27.1. The molecule has 1 aliphatic heterocycles. The topological polar surface area (TPSA) is 75.4 Å². The van der Waals surface area contributed by atoms with E-state index in [0.29, 0.717) is 17.8 Å². The van der Waals surface area contributed by atoms with Crippen molar-refractivity contribution in [3.05, 3.63) is 57.9 Å². The Kier molecular flexibility index (Phi) is 5.15. The zero-order chi connectivity index (χ0) is 21.7. The van der Waals surface area contributed by atoms with Crippen molar-refractivity contribution in [1.82, 2.24) is 14.7 Å². The number of likely N-dealkylation sites (N-methyl/N-ethyl adjacent to an activating group) is 1. The number of benzene rings is 1. The highest BCUT2D eigenvalue weighted by atomic mass is 16.3. The van der Waals surface area contributed by atoms with Gasteiger partial charge in [0.1, 0.15) is 5.76 Å². The number of aliphatic hydroxyl groups is 1. The van der Waals surface area contributed by atoms with E-state index in [0.717, 1.165) is 16.8 Å². The highest BCUT2D eigenvalue weighted by Crippen LogP contribution is 2.40. The van der Waals surface area contributed by atoms with Crippen molar-refractivity contribution in [3.63, 3.8) is 0 Å². The fourth-order valence-corrected chi connectivity index (χ4v) is 3.97. The quantitative estimate of drug-likeness (QED) is 0.488. The number of carbonyl (C=O) groups excluding carboxylic acids is 2. The second-order valence-corrected chi connectivity index (χ2v) is 8.63. The summed E-state index contributed by atoms with van der Waals surface area (Å²) in [6.45, 7) is 12.2. The van der Waals surface area contributed by atoms with Gasteiger partial charge in [-0.15, -0.1) is 0 Å². The molecule has 1 atom stereocenters. The van der Waals surface area contributed by atoms with Crippen LogP contribution in [0.1, 0.15) is 61.8 Å². The smallest absolute Gasteiger partial charge is 0.295 e. The van der Waals surface area contributed by atoms with Gasteiger partial charge in [-0.05, 0) is 37.3 Å². The molecule has 1 amide bonds. The van der Waals surface area contributed by atoms with Crippen LogP contribution in [0.5, 0.6) is 0 Å². The fourth-order valence-electron chi connectivity index (χ4n) is 3.97. The zero-order valence-corrected chi connectivity index (χ0v) is 18.2. The molecule has 0 radical (unpaired) electrons. The van der Waals surface area contributed by atoms with Gasteiger partial charge in [-0.2, -0.15) is 5.10 Å². The van der Waals surface area contributed by atoms with Crippen LogP contribution in [-0.2, 0) is 22.1 Å². The maximum atomic E-state index is 12.9. The van der Waals surface area contributed by atoms with Gasteiger partial charge >= 0.3 is 0 Å². The number of nitrogens with zero attached hydrogens (tertiary/aromatic N) is 3. The predicted octanol–water partition coefficient (Wildman–Crippen LogP) is 3.78. The third-order valence-corrected chi connectivity index (χ3v) is 5.72. The van der Waals surface area contributed by atoms with Gasteiger partial charge in [0.05, 0.1) is 22.9 Å². The van der Waals surface area contributed by atoms with E-state index in [2.05, 4.69) is 25.9 Å². The summed E-state index contributed by atoms with van der Waals surface area (Å²) in [5.74, 6) is -1.40. The van der Waals surface area contributed by atoms with Gasteiger partial charge in [0.25, 0.3) is 11.7 Å². The van der Waals surface area contributed by atoms with Crippen molar-refractivity contribution in [2.75, 3.05) is 6.54 Å². The molecule has 29 heavy (non-hydrogen) atoms. The molecule has 2 aromatic rings. The lowest BCUT2D eigenvalue weighted by Crippen LogP contribution is -2.29. The lowest BCUT2D eigenvalue weighted by Gasteiger charge is -2.25. The molecule has 1 saturated heterocycles. The van der Waals surface area contributed by atoms with Crippen LogP contribution in [0.2, 0.25) is 0 Å². The molecule has 2 heterocycles. The van der Waals surface area contributed by atoms with E-state index < -0.39 is 17.7 Å². The Balaban J connectivity index is 2.21. The Hall–Kier alpha value is -2.89. The van der Waals surface area contributed by atoms with Crippen LogP contribution >= 0.6 is 0 Å². The van der Waals surface area contributed by atoms with Gasteiger partial charge in [-0.25, -0.2) is 0 Å². The first kappa shape index (κ1) is 20.8. The number of ketones is 1. The summed E-state index contributed by atoms with van der Waals surface area (Å²) >= 11 is 0. The SMILES string of the molecule is CCN1C(=O)C(=O)/C(=C(/O)c2c(C)nn(C)c2C)C1c1ccc(C(C)(C)C)cc1. The number of aromatic nitrogens is 2.